The summed E-state index contributed by atoms with van der Waals surface area (Å²) >= 11 is 0. The van der Waals surface area contributed by atoms with Crippen LogP contribution in [0.25, 0.3) is 0 Å². The van der Waals surface area contributed by atoms with Crippen LogP contribution in [-0.4, -0.2) is 17.4 Å². The number of benzene rings is 2. The molecule has 0 heterocycles. The van der Waals surface area contributed by atoms with Crippen LogP contribution in [0.2, 0.25) is 0 Å². The van der Waals surface area contributed by atoms with Crippen molar-refractivity contribution < 1.29 is 14.0 Å². The fourth-order valence-electron chi connectivity index (χ4n) is 1.96. The van der Waals surface area contributed by atoms with E-state index in [1.165, 1.54) is 18.2 Å². The maximum atomic E-state index is 13.6. The number of carbonyl (C=O) groups excluding carboxylic acids is 2. The summed E-state index contributed by atoms with van der Waals surface area (Å²) in [6.07, 6.45) is 0. The molecule has 2 aromatic rings. The zero-order valence-corrected chi connectivity index (χ0v) is 13.3. The van der Waals surface area contributed by atoms with Crippen LogP contribution in [0.15, 0.2) is 48.5 Å². The van der Waals surface area contributed by atoms with E-state index in [1.807, 2.05) is 20.8 Å². The number of nitrogens with one attached hydrogen (secondary N) is 2. The Morgan fingerprint density at radius 2 is 1.52 bits per heavy atom. The van der Waals surface area contributed by atoms with Gasteiger partial charge in [0.15, 0.2) is 0 Å². The van der Waals surface area contributed by atoms with Crippen molar-refractivity contribution in [2.24, 2.45) is 0 Å². The van der Waals surface area contributed by atoms with Gasteiger partial charge in [-0.3, -0.25) is 9.59 Å². The first-order valence-electron chi connectivity index (χ1n) is 7.25. The maximum absolute atomic E-state index is 13.6. The number of rotatable bonds is 3. The predicted molar refractivity (Wildman–Crippen MR) is 88.0 cm³/mol. The van der Waals surface area contributed by atoms with E-state index in [2.05, 4.69) is 10.6 Å². The number of anilines is 1. The fourth-order valence-corrected chi connectivity index (χ4v) is 1.96. The molecule has 2 N–H and O–H groups in total. The van der Waals surface area contributed by atoms with Gasteiger partial charge in [-0.05, 0) is 57.2 Å². The second-order valence-electron chi connectivity index (χ2n) is 6.22. The highest BCUT2D eigenvalue weighted by atomic mass is 19.1. The molecule has 0 saturated heterocycles. The third kappa shape index (κ3) is 4.64. The molecule has 2 aromatic carbocycles. The van der Waals surface area contributed by atoms with Gasteiger partial charge in [-0.15, -0.1) is 0 Å². The first-order chi connectivity index (χ1) is 10.8. The van der Waals surface area contributed by atoms with Crippen molar-refractivity contribution in [1.29, 1.82) is 0 Å². The smallest absolute Gasteiger partial charge is 0.258 e. The molecule has 23 heavy (non-hydrogen) atoms. The van der Waals surface area contributed by atoms with Crippen molar-refractivity contribution in [2.75, 3.05) is 5.32 Å². The number of hydrogen-bond donors (Lipinski definition) is 2. The molecule has 0 aliphatic heterocycles. The summed E-state index contributed by atoms with van der Waals surface area (Å²) in [6.45, 7) is 5.69. The molecule has 4 nitrogen and oxygen atoms in total. The molecule has 2 amide bonds. The fraction of sp³-hybridized carbons (Fsp3) is 0.222. The predicted octanol–water partition coefficient (Wildman–Crippen LogP) is 3.61. The van der Waals surface area contributed by atoms with Crippen molar-refractivity contribution in [3.05, 3.63) is 65.5 Å². The highest BCUT2D eigenvalue weighted by Crippen LogP contribution is 2.14. The molecule has 0 bridgehead atoms. The SMILES string of the molecule is CC(C)(C)NC(=O)c1ccc(NC(=O)c2ccccc2F)cc1. The summed E-state index contributed by atoms with van der Waals surface area (Å²) in [5.41, 5.74) is 0.630. The van der Waals surface area contributed by atoms with Crippen LogP contribution < -0.4 is 10.6 Å². The largest absolute Gasteiger partial charge is 0.347 e. The van der Waals surface area contributed by atoms with E-state index in [1.54, 1.807) is 30.3 Å². The van der Waals surface area contributed by atoms with E-state index < -0.39 is 11.7 Å². The lowest BCUT2D eigenvalue weighted by molar-refractivity contribution is 0.0919. The van der Waals surface area contributed by atoms with Crippen LogP contribution in [0, 0.1) is 5.82 Å². The van der Waals surface area contributed by atoms with Crippen molar-refractivity contribution in [3.63, 3.8) is 0 Å². The van der Waals surface area contributed by atoms with E-state index in [0.29, 0.717) is 11.3 Å². The molecule has 0 atom stereocenters. The van der Waals surface area contributed by atoms with Gasteiger partial charge in [0.25, 0.3) is 11.8 Å². The van der Waals surface area contributed by atoms with Gasteiger partial charge in [-0.25, -0.2) is 4.39 Å². The lowest BCUT2D eigenvalue weighted by Crippen LogP contribution is -2.40. The molecular weight excluding hydrogens is 295 g/mol. The highest BCUT2D eigenvalue weighted by molar-refractivity contribution is 6.04. The Morgan fingerprint density at radius 3 is 2.09 bits per heavy atom. The summed E-state index contributed by atoms with van der Waals surface area (Å²) in [4.78, 5) is 24.0. The van der Waals surface area contributed by atoms with Crippen LogP contribution in [0.5, 0.6) is 0 Å². The molecule has 0 aromatic heterocycles. The van der Waals surface area contributed by atoms with E-state index >= 15 is 0 Å². The van der Waals surface area contributed by atoms with E-state index in [-0.39, 0.29) is 17.0 Å². The van der Waals surface area contributed by atoms with E-state index in [0.717, 1.165) is 0 Å². The Balaban J connectivity index is 2.07. The average Bonchev–Trinajstić information content (AvgIpc) is 2.46. The monoisotopic (exact) mass is 314 g/mol. The first kappa shape index (κ1) is 16.7. The molecule has 0 aliphatic rings. The quantitative estimate of drug-likeness (QED) is 0.909. The van der Waals surface area contributed by atoms with Crippen LogP contribution in [0.3, 0.4) is 0 Å². The lowest BCUT2D eigenvalue weighted by Gasteiger charge is -2.20. The highest BCUT2D eigenvalue weighted by Gasteiger charge is 2.15. The Kier molecular flexibility index (Phi) is 4.79. The Bertz CT molecular complexity index is 719. The molecule has 0 radical (unpaired) electrons. The summed E-state index contributed by atoms with van der Waals surface area (Å²) in [5, 5.41) is 5.46. The minimum Gasteiger partial charge on any atom is -0.347 e. The normalized spacial score (nSPS) is 11.0. The minimum atomic E-state index is -0.578. The lowest BCUT2D eigenvalue weighted by atomic mass is 10.1. The van der Waals surface area contributed by atoms with Crippen molar-refractivity contribution >= 4 is 17.5 Å². The van der Waals surface area contributed by atoms with E-state index in [9.17, 15) is 14.0 Å². The summed E-state index contributed by atoms with van der Waals surface area (Å²) in [6, 6.07) is 12.2. The molecular formula is C18H19FN2O2. The molecule has 0 saturated carbocycles. The van der Waals surface area contributed by atoms with Gasteiger partial charge in [-0.2, -0.15) is 0 Å². The molecule has 120 valence electrons. The Labute approximate surface area is 134 Å². The molecule has 2 rings (SSSR count). The zero-order chi connectivity index (χ0) is 17.0. The number of carbonyl (C=O) groups is 2. The van der Waals surface area contributed by atoms with Gasteiger partial charge < -0.3 is 10.6 Å². The van der Waals surface area contributed by atoms with Gasteiger partial charge >= 0.3 is 0 Å². The van der Waals surface area contributed by atoms with Crippen molar-refractivity contribution in [3.8, 4) is 0 Å². The Morgan fingerprint density at radius 1 is 0.913 bits per heavy atom. The third-order valence-corrected chi connectivity index (χ3v) is 3.01. The zero-order valence-electron chi connectivity index (χ0n) is 13.3. The molecule has 0 unspecified atom stereocenters. The summed E-state index contributed by atoms with van der Waals surface area (Å²) in [7, 11) is 0. The standard InChI is InChI=1S/C18H19FN2O2/c1-18(2,3)21-16(22)12-8-10-13(11-9-12)20-17(23)14-6-4-5-7-15(14)19/h4-11H,1-3H3,(H,20,23)(H,21,22). The number of amides is 2. The number of halogens is 1. The average molecular weight is 314 g/mol. The van der Waals surface area contributed by atoms with Crippen molar-refractivity contribution in [2.45, 2.75) is 26.3 Å². The van der Waals surface area contributed by atoms with Gasteiger partial charge in [0.05, 0.1) is 5.56 Å². The second-order valence-corrected chi connectivity index (χ2v) is 6.22. The first-order valence-corrected chi connectivity index (χ1v) is 7.25. The second kappa shape index (κ2) is 6.60. The summed E-state index contributed by atoms with van der Waals surface area (Å²) in [5.74, 6) is -1.30. The van der Waals surface area contributed by atoms with Crippen LogP contribution in [-0.2, 0) is 0 Å². The van der Waals surface area contributed by atoms with Gasteiger partial charge in [0.2, 0.25) is 0 Å². The van der Waals surface area contributed by atoms with Gasteiger partial charge in [-0.1, -0.05) is 12.1 Å². The maximum Gasteiger partial charge on any atom is 0.258 e. The molecule has 5 heteroatoms. The van der Waals surface area contributed by atoms with Gasteiger partial charge in [0, 0.05) is 16.8 Å². The molecule has 0 aliphatic carbocycles. The minimum absolute atomic E-state index is 0.0259. The topological polar surface area (TPSA) is 58.2 Å². The third-order valence-electron chi connectivity index (χ3n) is 3.01. The van der Waals surface area contributed by atoms with Crippen LogP contribution >= 0.6 is 0 Å². The molecule has 0 spiro atoms. The van der Waals surface area contributed by atoms with Crippen LogP contribution in [0.1, 0.15) is 41.5 Å². The number of hydrogen-bond acceptors (Lipinski definition) is 2. The van der Waals surface area contributed by atoms with Crippen LogP contribution in [0.4, 0.5) is 10.1 Å². The molecule has 0 fully saturated rings. The van der Waals surface area contributed by atoms with E-state index in [4.69, 9.17) is 0 Å². The van der Waals surface area contributed by atoms with Gasteiger partial charge in [0.1, 0.15) is 5.82 Å². The van der Waals surface area contributed by atoms with Crippen molar-refractivity contribution in [1.82, 2.24) is 5.32 Å². The summed E-state index contributed by atoms with van der Waals surface area (Å²) < 4.78 is 13.6. The Hall–Kier alpha value is -2.69.